The molecule has 0 saturated heterocycles. The first-order valence-electron chi connectivity index (χ1n) is 2.00. The predicted octanol–water partition coefficient (Wildman–Crippen LogP) is 0.272. The van der Waals surface area contributed by atoms with Crippen molar-refractivity contribution < 1.29 is 0 Å². The quantitative estimate of drug-likeness (QED) is 0.386. The van der Waals surface area contributed by atoms with Crippen LogP contribution < -0.4 is 5.73 Å². The minimum atomic E-state index is 0.112. The zero-order valence-electron chi connectivity index (χ0n) is 4.26. The van der Waals surface area contributed by atoms with Crippen LogP contribution in [0.5, 0.6) is 0 Å². The standard InChI is InChI=1S/C5H5N3/c1-8-3-2-5(7)4-6/h2H,3,7H2/b5-2-. The van der Waals surface area contributed by atoms with Gasteiger partial charge < -0.3 is 10.6 Å². The molecule has 40 valence electrons. The maximum Gasteiger partial charge on any atom is 0.235 e. The molecule has 0 atom stereocenters. The molecule has 0 radical (unpaired) electrons. The Kier molecular flexibility index (Phi) is 3.02. The van der Waals surface area contributed by atoms with Gasteiger partial charge in [0.2, 0.25) is 6.54 Å². The fraction of sp³-hybridized carbons (Fsp3) is 0.200. The second-order valence-electron chi connectivity index (χ2n) is 1.11. The summed E-state index contributed by atoms with van der Waals surface area (Å²) >= 11 is 0. The number of rotatable bonds is 1. The van der Waals surface area contributed by atoms with E-state index in [4.69, 9.17) is 17.6 Å². The van der Waals surface area contributed by atoms with Crippen molar-refractivity contribution in [3.8, 4) is 6.07 Å². The fourth-order valence-electron chi connectivity index (χ4n) is 0.190. The minimum absolute atomic E-state index is 0.112. The van der Waals surface area contributed by atoms with Crippen molar-refractivity contribution in [1.82, 2.24) is 0 Å². The summed E-state index contributed by atoms with van der Waals surface area (Å²) in [6.07, 6.45) is 1.38. The third kappa shape index (κ3) is 2.74. The molecule has 0 amide bonds. The van der Waals surface area contributed by atoms with Crippen LogP contribution in [0.1, 0.15) is 0 Å². The van der Waals surface area contributed by atoms with Crippen LogP contribution >= 0.6 is 0 Å². The minimum Gasteiger partial charge on any atom is -0.390 e. The lowest BCUT2D eigenvalue weighted by molar-refractivity contribution is 1.34. The van der Waals surface area contributed by atoms with E-state index in [1.807, 2.05) is 0 Å². The van der Waals surface area contributed by atoms with Gasteiger partial charge >= 0.3 is 0 Å². The smallest absolute Gasteiger partial charge is 0.235 e. The number of allylic oxidation sites excluding steroid dienone is 1. The van der Waals surface area contributed by atoms with Crippen LogP contribution in [-0.4, -0.2) is 6.54 Å². The molecule has 0 aromatic heterocycles. The van der Waals surface area contributed by atoms with Crippen molar-refractivity contribution >= 4 is 0 Å². The van der Waals surface area contributed by atoms with Gasteiger partial charge in [0.1, 0.15) is 11.8 Å². The van der Waals surface area contributed by atoms with Crippen LogP contribution in [0, 0.1) is 17.9 Å². The molecule has 0 fully saturated rings. The zero-order chi connectivity index (χ0) is 6.41. The molecule has 8 heavy (non-hydrogen) atoms. The lowest BCUT2D eigenvalue weighted by Crippen LogP contribution is -1.92. The van der Waals surface area contributed by atoms with Crippen molar-refractivity contribution in [2.24, 2.45) is 5.73 Å². The van der Waals surface area contributed by atoms with Gasteiger partial charge in [-0.3, -0.25) is 0 Å². The highest BCUT2D eigenvalue weighted by Gasteiger charge is 1.82. The molecule has 0 aliphatic carbocycles. The number of nitrogens with zero attached hydrogens (tertiary/aromatic N) is 2. The number of nitrogens with two attached hydrogens (primary N) is 1. The van der Waals surface area contributed by atoms with E-state index >= 15 is 0 Å². The maximum absolute atomic E-state index is 8.02. The van der Waals surface area contributed by atoms with E-state index in [-0.39, 0.29) is 12.2 Å². The molecule has 0 aromatic carbocycles. The molecule has 2 N–H and O–H groups in total. The summed E-state index contributed by atoms with van der Waals surface area (Å²) in [7, 11) is 0. The molecule has 0 unspecified atom stereocenters. The highest BCUT2D eigenvalue weighted by atomic mass is 14.6. The number of hydrogen-bond donors (Lipinski definition) is 1. The highest BCUT2D eigenvalue weighted by Crippen LogP contribution is 1.78. The Morgan fingerprint density at radius 2 is 2.62 bits per heavy atom. The number of nitriles is 1. The van der Waals surface area contributed by atoms with E-state index in [0.717, 1.165) is 0 Å². The van der Waals surface area contributed by atoms with Gasteiger partial charge in [0.15, 0.2) is 0 Å². The lowest BCUT2D eigenvalue weighted by atomic mass is 10.4. The Bertz CT molecular complexity index is 167. The molecule has 3 heteroatoms. The van der Waals surface area contributed by atoms with Gasteiger partial charge in [-0.2, -0.15) is 5.26 Å². The second kappa shape index (κ2) is 3.70. The Balaban J connectivity index is 3.67. The van der Waals surface area contributed by atoms with Gasteiger partial charge in [0.25, 0.3) is 0 Å². The highest BCUT2D eigenvalue weighted by molar-refractivity contribution is 5.17. The first-order chi connectivity index (χ1) is 3.81. The summed E-state index contributed by atoms with van der Waals surface area (Å²) in [6.45, 7) is 6.48. The third-order valence-electron chi connectivity index (χ3n) is 0.532. The van der Waals surface area contributed by atoms with Crippen LogP contribution in [0.2, 0.25) is 0 Å². The molecule has 3 nitrogen and oxygen atoms in total. The third-order valence-corrected chi connectivity index (χ3v) is 0.532. The first-order valence-corrected chi connectivity index (χ1v) is 2.00. The Labute approximate surface area is 47.8 Å². The summed E-state index contributed by atoms with van der Waals surface area (Å²) in [5, 5.41) is 8.02. The lowest BCUT2D eigenvalue weighted by Gasteiger charge is -1.76. The SMILES string of the molecule is [C-]#[N+]C/C=C(\N)C#N. The van der Waals surface area contributed by atoms with E-state index in [1.165, 1.54) is 6.08 Å². The van der Waals surface area contributed by atoms with Gasteiger partial charge in [0, 0.05) is 6.08 Å². The van der Waals surface area contributed by atoms with E-state index in [2.05, 4.69) is 4.85 Å². The molecule has 0 bridgehead atoms. The molecular weight excluding hydrogens is 102 g/mol. The maximum atomic E-state index is 8.02. The van der Waals surface area contributed by atoms with Gasteiger partial charge in [-0.25, -0.2) is 6.57 Å². The summed E-state index contributed by atoms with van der Waals surface area (Å²) in [5.74, 6) is 0. The van der Waals surface area contributed by atoms with E-state index in [1.54, 1.807) is 6.07 Å². The Morgan fingerprint density at radius 3 is 3.00 bits per heavy atom. The van der Waals surface area contributed by atoms with Gasteiger partial charge in [-0.15, -0.1) is 0 Å². The average Bonchev–Trinajstić information content (AvgIpc) is 1.83. The zero-order valence-corrected chi connectivity index (χ0v) is 4.26. The van der Waals surface area contributed by atoms with Gasteiger partial charge in [-0.05, 0) is 0 Å². The van der Waals surface area contributed by atoms with Crippen molar-refractivity contribution in [2.45, 2.75) is 0 Å². The van der Waals surface area contributed by atoms with E-state index in [0.29, 0.717) is 0 Å². The average molecular weight is 107 g/mol. The van der Waals surface area contributed by atoms with Crippen molar-refractivity contribution in [2.75, 3.05) is 6.54 Å². The predicted molar refractivity (Wildman–Crippen MR) is 29.4 cm³/mol. The molecule has 0 saturated carbocycles. The summed E-state index contributed by atoms with van der Waals surface area (Å²) in [6, 6.07) is 1.70. The molecule has 0 heterocycles. The summed E-state index contributed by atoms with van der Waals surface area (Å²) < 4.78 is 0. The van der Waals surface area contributed by atoms with Crippen LogP contribution in [0.25, 0.3) is 4.85 Å². The molecule has 0 aliphatic rings. The van der Waals surface area contributed by atoms with E-state index < -0.39 is 0 Å². The monoisotopic (exact) mass is 107 g/mol. The van der Waals surface area contributed by atoms with Crippen LogP contribution in [-0.2, 0) is 0 Å². The molecule has 0 spiro atoms. The first kappa shape index (κ1) is 6.52. The van der Waals surface area contributed by atoms with Crippen molar-refractivity contribution in [3.63, 3.8) is 0 Å². The fourth-order valence-corrected chi connectivity index (χ4v) is 0.190. The van der Waals surface area contributed by atoms with Crippen molar-refractivity contribution in [3.05, 3.63) is 23.2 Å². The Morgan fingerprint density at radius 1 is 2.00 bits per heavy atom. The van der Waals surface area contributed by atoms with Crippen molar-refractivity contribution in [1.29, 1.82) is 5.26 Å². The normalized spacial score (nSPS) is 9.50. The van der Waals surface area contributed by atoms with Crippen LogP contribution in [0.15, 0.2) is 11.8 Å². The second-order valence-corrected chi connectivity index (χ2v) is 1.11. The van der Waals surface area contributed by atoms with Crippen LogP contribution in [0.4, 0.5) is 0 Å². The van der Waals surface area contributed by atoms with Gasteiger partial charge in [0.05, 0.1) is 0 Å². The summed E-state index contributed by atoms with van der Waals surface area (Å²) in [4.78, 5) is 2.97. The number of hydrogen-bond acceptors (Lipinski definition) is 2. The van der Waals surface area contributed by atoms with Crippen LogP contribution in [0.3, 0.4) is 0 Å². The van der Waals surface area contributed by atoms with Gasteiger partial charge in [-0.1, -0.05) is 0 Å². The molecule has 0 aliphatic heterocycles. The molecule has 0 rings (SSSR count). The summed E-state index contributed by atoms with van der Waals surface area (Å²) in [5.41, 5.74) is 5.13. The molecular formula is C5H5N3. The molecule has 0 aromatic rings. The topological polar surface area (TPSA) is 54.2 Å². The van der Waals surface area contributed by atoms with E-state index in [9.17, 15) is 0 Å². The largest absolute Gasteiger partial charge is 0.390 e. The Hall–Kier alpha value is -1.48.